The van der Waals surface area contributed by atoms with Crippen molar-refractivity contribution in [1.29, 1.82) is 0 Å². The molecule has 0 bridgehead atoms. The van der Waals surface area contributed by atoms with Crippen LogP contribution in [0.2, 0.25) is 0 Å². The number of carbonyl (C=O) groups is 1. The maximum Gasteiger partial charge on any atom is 0.243 e. The van der Waals surface area contributed by atoms with Gasteiger partial charge < -0.3 is 15.7 Å². The van der Waals surface area contributed by atoms with E-state index in [9.17, 15) is 9.90 Å². The highest BCUT2D eigenvalue weighted by Gasteiger charge is 2.24. The second kappa shape index (κ2) is 5.30. The lowest BCUT2D eigenvalue weighted by Crippen LogP contribution is -2.44. The number of benzene rings is 1. The minimum absolute atomic E-state index is 0.0305. The summed E-state index contributed by atoms with van der Waals surface area (Å²) in [7, 11) is 0. The molecule has 0 saturated carbocycles. The van der Waals surface area contributed by atoms with Gasteiger partial charge in [-0.05, 0) is 29.7 Å². The van der Waals surface area contributed by atoms with E-state index in [1.165, 1.54) is 23.4 Å². The Hall–Kier alpha value is -2.40. The zero-order valence-corrected chi connectivity index (χ0v) is 10.8. The summed E-state index contributed by atoms with van der Waals surface area (Å²) >= 11 is 0. The largest absolute Gasteiger partial charge is 0.504 e. The molecule has 5 nitrogen and oxygen atoms in total. The number of nitrogens with zero attached hydrogens (tertiary/aromatic N) is 1. The number of aromatic nitrogens is 1. The molecule has 3 N–H and O–H groups in total. The topological polar surface area (TPSA) is 74.2 Å². The van der Waals surface area contributed by atoms with Crippen LogP contribution in [-0.2, 0) is 17.8 Å². The van der Waals surface area contributed by atoms with Gasteiger partial charge >= 0.3 is 0 Å². The number of anilines is 1. The summed E-state index contributed by atoms with van der Waals surface area (Å²) in [6, 6.07) is 10.9. The molecule has 0 fully saturated rings. The van der Waals surface area contributed by atoms with Crippen molar-refractivity contribution < 1.29 is 9.90 Å². The number of amides is 1. The number of fused-ring (bicyclic) bond motifs is 1. The van der Waals surface area contributed by atoms with Crippen molar-refractivity contribution in [3.8, 4) is 5.75 Å². The molecule has 0 saturated heterocycles. The molecular formula is C15H15N3O2. The maximum absolute atomic E-state index is 12.2. The minimum atomic E-state index is -0.314. The summed E-state index contributed by atoms with van der Waals surface area (Å²) < 4.78 is 0. The molecule has 1 amide bonds. The molecule has 3 rings (SSSR count). The van der Waals surface area contributed by atoms with E-state index >= 15 is 0 Å². The summed E-state index contributed by atoms with van der Waals surface area (Å²) in [4.78, 5) is 16.2. The first kappa shape index (κ1) is 12.6. The Bertz CT molecular complexity index is 643. The van der Waals surface area contributed by atoms with E-state index in [0.717, 1.165) is 0 Å². The monoisotopic (exact) mass is 269 g/mol. The molecule has 5 heteroatoms. The summed E-state index contributed by atoms with van der Waals surface area (Å²) in [6.45, 7) is 0.669. The normalized spacial score (nSPS) is 17.3. The van der Waals surface area contributed by atoms with E-state index in [1.54, 1.807) is 6.07 Å². The van der Waals surface area contributed by atoms with Crippen molar-refractivity contribution >= 4 is 11.7 Å². The van der Waals surface area contributed by atoms with Crippen LogP contribution in [0.4, 0.5) is 5.82 Å². The van der Waals surface area contributed by atoms with Gasteiger partial charge in [0.15, 0.2) is 11.6 Å². The predicted molar refractivity (Wildman–Crippen MR) is 75.3 cm³/mol. The first-order chi connectivity index (χ1) is 9.74. The number of nitrogens with one attached hydrogen (secondary N) is 2. The van der Waals surface area contributed by atoms with Crippen molar-refractivity contribution in [3.05, 3.63) is 53.7 Å². The third kappa shape index (κ3) is 2.48. The fourth-order valence-electron chi connectivity index (χ4n) is 2.34. The van der Waals surface area contributed by atoms with Gasteiger partial charge in [-0.15, -0.1) is 0 Å². The summed E-state index contributed by atoms with van der Waals surface area (Å²) in [5, 5.41) is 15.5. The second-order valence-corrected chi connectivity index (χ2v) is 4.77. The van der Waals surface area contributed by atoms with Crippen molar-refractivity contribution in [1.82, 2.24) is 10.3 Å². The Labute approximate surface area is 116 Å². The zero-order chi connectivity index (χ0) is 13.9. The molecule has 1 aliphatic rings. The van der Waals surface area contributed by atoms with Gasteiger partial charge in [0.25, 0.3) is 0 Å². The van der Waals surface area contributed by atoms with E-state index in [4.69, 9.17) is 0 Å². The smallest absolute Gasteiger partial charge is 0.243 e. The number of pyridine rings is 1. The molecular weight excluding hydrogens is 254 g/mol. The third-order valence-corrected chi connectivity index (χ3v) is 3.43. The summed E-state index contributed by atoms with van der Waals surface area (Å²) in [5.41, 5.74) is 2.40. The molecule has 2 heterocycles. The predicted octanol–water partition coefficient (Wildman–Crippen LogP) is 1.44. The average molecular weight is 269 g/mol. The first-order valence-corrected chi connectivity index (χ1v) is 6.49. The molecule has 20 heavy (non-hydrogen) atoms. The number of rotatable bonds is 2. The standard InChI is InChI=1S/C15H15N3O2/c19-13-6-3-7-16-14(13)18-15(20)12-8-10-4-1-2-5-11(10)9-17-12/h1-7,12,17,19H,8-9H2,(H,16,18,20)/t12-/m1/s1. The summed E-state index contributed by atoms with van der Waals surface area (Å²) in [5.74, 6) is -0.0243. The van der Waals surface area contributed by atoms with Crippen LogP contribution in [-0.4, -0.2) is 22.0 Å². The lowest BCUT2D eigenvalue weighted by atomic mass is 9.95. The Morgan fingerprint density at radius 1 is 1.25 bits per heavy atom. The highest BCUT2D eigenvalue weighted by Crippen LogP contribution is 2.20. The van der Waals surface area contributed by atoms with Gasteiger partial charge in [0.1, 0.15) is 0 Å². The molecule has 0 unspecified atom stereocenters. The highest BCUT2D eigenvalue weighted by atomic mass is 16.3. The van der Waals surface area contributed by atoms with Crippen LogP contribution in [0.3, 0.4) is 0 Å². The number of hydrogen-bond donors (Lipinski definition) is 3. The molecule has 0 radical (unpaired) electrons. The molecule has 0 aliphatic carbocycles. The van der Waals surface area contributed by atoms with Crippen molar-refractivity contribution in [2.75, 3.05) is 5.32 Å². The van der Waals surface area contributed by atoms with Gasteiger partial charge in [-0.1, -0.05) is 24.3 Å². The van der Waals surface area contributed by atoms with Crippen molar-refractivity contribution in [2.45, 2.75) is 19.0 Å². The van der Waals surface area contributed by atoms with Gasteiger partial charge in [-0.25, -0.2) is 4.98 Å². The molecule has 1 atom stereocenters. The van der Waals surface area contributed by atoms with Crippen molar-refractivity contribution in [2.24, 2.45) is 0 Å². The Morgan fingerprint density at radius 2 is 2.05 bits per heavy atom. The van der Waals surface area contributed by atoms with Crippen LogP contribution in [0.1, 0.15) is 11.1 Å². The molecule has 1 aromatic heterocycles. The zero-order valence-electron chi connectivity index (χ0n) is 10.8. The molecule has 0 spiro atoms. The van der Waals surface area contributed by atoms with Crippen molar-refractivity contribution in [3.63, 3.8) is 0 Å². The second-order valence-electron chi connectivity index (χ2n) is 4.77. The fraction of sp³-hybridized carbons (Fsp3) is 0.200. The van der Waals surface area contributed by atoms with E-state index < -0.39 is 0 Å². The van der Waals surface area contributed by atoms with E-state index in [1.807, 2.05) is 18.2 Å². The van der Waals surface area contributed by atoms with Gasteiger partial charge in [-0.2, -0.15) is 0 Å². The van der Waals surface area contributed by atoms with Gasteiger partial charge in [0.2, 0.25) is 5.91 Å². The molecule has 2 aromatic rings. The van der Waals surface area contributed by atoms with Crippen LogP contribution in [0.15, 0.2) is 42.6 Å². The number of hydrogen-bond acceptors (Lipinski definition) is 4. The van der Waals surface area contributed by atoms with Gasteiger partial charge in [0, 0.05) is 12.7 Å². The minimum Gasteiger partial charge on any atom is -0.504 e. The van der Waals surface area contributed by atoms with Crippen LogP contribution in [0.25, 0.3) is 0 Å². The van der Waals surface area contributed by atoms with Crippen LogP contribution in [0.5, 0.6) is 5.75 Å². The third-order valence-electron chi connectivity index (χ3n) is 3.43. The highest BCUT2D eigenvalue weighted by molar-refractivity contribution is 5.95. The lowest BCUT2D eigenvalue weighted by molar-refractivity contribution is -0.118. The van der Waals surface area contributed by atoms with Gasteiger partial charge in [0.05, 0.1) is 6.04 Å². The quantitative estimate of drug-likeness (QED) is 0.771. The lowest BCUT2D eigenvalue weighted by Gasteiger charge is -2.25. The Morgan fingerprint density at radius 3 is 2.85 bits per heavy atom. The number of aromatic hydroxyl groups is 1. The van der Waals surface area contributed by atoms with E-state index in [0.29, 0.717) is 13.0 Å². The van der Waals surface area contributed by atoms with Crippen LogP contribution < -0.4 is 10.6 Å². The fourth-order valence-corrected chi connectivity index (χ4v) is 2.34. The molecule has 1 aliphatic heterocycles. The summed E-state index contributed by atoms with van der Waals surface area (Å²) in [6.07, 6.45) is 2.16. The van der Waals surface area contributed by atoms with E-state index in [-0.39, 0.29) is 23.5 Å². The molecule has 102 valence electrons. The average Bonchev–Trinajstić information content (AvgIpc) is 2.49. The van der Waals surface area contributed by atoms with Crippen LogP contribution in [0, 0.1) is 0 Å². The van der Waals surface area contributed by atoms with Crippen LogP contribution >= 0.6 is 0 Å². The Balaban J connectivity index is 1.72. The number of carbonyl (C=O) groups excluding carboxylic acids is 1. The maximum atomic E-state index is 12.2. The van der Waals surface area contributed by atoms with E-state index in [2.05, 4.69) is 21.7 Å². The Kier molecular flexibility index (Phi) is 3.35. The SMILES string of the molecule is O=C(Nc1ncccc1O)[C@H]1Cc2ccccc2CN1. The van der Waals surface area contributed by atoms with Gasteiger partial charge in [-0.3, -0.25) is 4.79 Å². The molecule has 1 aromatic carbocycles. The first-order valence-electron chi connectivity index (χ1n) is 6.49.